The van der Waals surface area contributed by atoms with Gasteiger partial charge in [0.05, 0.1) is 26.6 Å². The van der Waals surface area contributed by atoms with Gasteiger partial charge in [-0.05, 0) is 17.2 Å². The van der Waals surface area contributed by atoms with E-state index in [1.165, 1.54) is 0 Å². The van der Waals surface area contributed by atoms with Crippen LogP contribution in [0.2, 0.25) is 0 Å². The number of nitrogens with zero attached hydrogens (tertiary/aromatic N) is 1. The highest BCUT2D eigenvalue weighted by atomic mass is 16.5. The van der Waals surface area contributed by atoms with Gasteiger partial charge in [-0.15, -0.1) is 0 Å². The first-order chi connectivity index (χ1) is 14.6. The summed E-state index contributed by atoms with van der Waals surface area (Å²) in [7, 11) is 3.16. The number of methoxy groups -OCH3 is 2. The molecule has 2 N–H and O–H groups in total. The summed E-state index contributed by atoms with van der Waals surface area (Å²) < 4.78 is 16.8. The van der Waals surface area contributed by atoms with Crippen molar-refractivity contribution >= 4 is 5.78 Å². The van der Waals surface area contributed by atoms with Crippen molar-refractivity contribution in [1.82, 2.24) is 0 Å². The zero-order valence-electron chi connectivity index (χ0n) is 16.8. The molecule has 0 saturated carbocycles. The molecule has 0 amide bonds. The number of benzene rings is 2. The molecule has 6 nitrogen and oxygen atoms in total. The fourth-order valence-electron chi connectivity index (χ4n) is 4.31. The van der Waals surface area contributed by atoms with Crippen LogP contribution in [-0.2, 0) is 9.53 Å². The molecule has 0 saturated heterocycles. The third-order valence-corrected chi connectivity index (χ3v) is 5.66. The smallest absolute Gasteiger partial charge is 0.205 e. The maximum absolute atomic E-state index is 12.5. The molecular formula is C24H22N2O4. The van der Waals surface area contributed by atoms with Crippen LogP contribution >= 0.6 is 0 Å². The molecule has 2 aromatic rings. The number of hydrogen-bond acceptors (Lipinski definition) is 6. The highest BCUT2D eigenvalue weighted by Gasteiger charge is 2.42. The molecule has 2 aromatic carbocycles. The summed E-state index contributed by atoms with van der Waals surface area (Å²) in [6.45, 7) is 0. The van der Waals surface area contributed by atoms with Crippen molar-refractivity contribution in [3.63, 3.8) is 0 Å². The topological polar surface area (TPSA) is 94.6 Å². The Labute approximate surface area is 175 Å². The first kappa shape index (κ1) is 19.6. The number of rotatable bonds is 4. The number of nitrogens with two attached hydrogens (primary N) is 1. The molecule has 4 rings (SSSR count). The van der Waals surface area contributed by atoms with E-state index in [0.717, 1.165) is 16.7 Å². The average Bonchev–Trinajstić information content (AvgIpc) is 2.77. The van der Waals surface area contributed by atoms with Gasteiger partial charge in [-0.3, -0.25) is 4.79 Å². The van der Waals surface area contributed by atoms with E-state index in [-0.39, 0.29) is 24.0 Å². The summed E-state index contributed by atoms with van der Waals surface area (Å²) in [5, 5.41) is 9.93. The van der Waals surface area contributed by atoms with Crippen LogP contribution in [0.3, 0.4) is 0 Å². The van der Waals surface area contributed by atoms with Crippen molar-refractivity contribution < 1.29 is 19.0 Å². The van der Waals surface area contributed by atoms with Crippen LogP contribution in [-0.4, -0.2) is 20.0 Å². The number of carbonyl (C=O) groups is 1. The predicted molar refractivity (Wildman–Crippen MR) is 111 cm³/mol. The normalized spacial score (nSPS) is 20.9. The number of ether oxygens (including phenoxy) is 3. The van der Waals surface area contributed by atoms with E-state index in [9.17, 15) is 10.1 Å². The molecule has 30 heavy (non-hydrogen) atoms. The Morgan fingerprint density at radius 3 is 2.57 bits per heavy atom. The molecule has 2 atom stereocenters. The Morgan fingerprint density at radius 1 is 1.13 bits per heavy atom. The van der Waals surface area contributed by atoms with Crippen molar-refractivity contribution in [3.8, 4) is 17.6 Å². The van der Waals surface area contributed by atoms with Gasteiger partial charge in [0, 0.05) is 24.0 Å². The molecule has 2 aliphatic rings. The van der Waals surface area contributed by atoms with Crippen molar-refractivity contribution in [1.29, 1.82) is 5.26 Å². The lowest BCUT2D eigenvalue weighted by Gasteiger charge is -2.37. The zero-order valence-corrected chi connectivity index (χ0v) is 16.8. The number of Topliss-reactive ketones (excluding diaryl/α,β-unsaturated/α-hetero) is 1. The van der Waals surface area contributed by atoms with Gasteiger partial charge in [0.2, 0.25) is 5.88 Å². The Morgan fingerprint density at radius 2 is 1.90 bits per heavy atom. The first-order valence-corrected chi connectivity index (χ1v) is 9.66. The molecule has 1 aliphatic heterocycles. The van der Waals surface area contributed by atoms with E-state index >= 15 is 0 Å². The average molecular weight is 402 g/mol. The van der Waals surface area contributed by atoms with Crippen LogP contribution in [0.15, 0.2) is 71.3 Å². The van der Waals surface area contributed by atoms with Crippen LogP contribution in [0.1, 0.15) is 35.8 Å². The number of hydrogen-bond donors (Lipinski definition) is 1. The molecule has 0 aromatic heterocycles. The van der Waals surface area contributed by atoms with Gasteiger partial charge >= 0.3 is 0 Å². The van der Waals surface area contributed by atoms with E-state index in [0.29, 0.717) is 29.3 Å². The van der Waals surface area contributed by atoms with Crippen LogP contribution in [0.4, 0.5) is 0 Å². The highest BCUT2D eigenvalue weighted by molar-refractivity contribution is 5.84. The lowest BCUT2D eigenvalue weighted by Crippen LogP contribution is -2.29. The van der Waals surface area contributed by atoms with Crippen LogP contribution in [0.5, 0.6) is 11.5 Å². The molecule has 0 radical (unpaired) electrons. The van der Waals surface area contributed by atoms with E-state index in [1.807, 2.05) is 42.5 Å². The van der Waals surface area contributed by atoms with Crippen LogP contribution in [0.25, 0.3) is 0 Å². The summed E-state index contributed by atoms with van der Waals surface area (Å²) >= 11 is 0. The summed E-state index contributed by atoms with van der Waals surface area (Å²) in [6.07, 6.45) is 0.507. The van der Waals surface area contributed by atoms with Crippen molar-refractivity contribution in [2.24, 2.45) is 5.73 Å². The van der Waals surface area contributed by atoms with Gasteiger partial charge in [-0.25, -0.2) is 0 Å². The first-order valence-electron chi connectivity index (χ1n) is 9.66. The summed E-state index contributed by atoms with van der Waals surface area (Å²) in [6, 6.07) is 17.5. The van der Waals surface area contributed by atoms with E-state index in [4.69, 9.17) is 19.9 Å². The van der Waals surface area contributed by atoms with Gasteiger partial charge in [0.1, 0.15) is 34.7 Å². The number of nitriles is 1. The maximum atomic E-state index is 12.5. The van der Waals surface area contributed by atoms with Crippen molar-refractivity contribution in [2.75, 3.05) is 14.2 Å². The second-order valence-electron chi connectivity index (χ2n) is 7.29. The van der Waals surface area contributed by atoms with Gasteiger partial charge in [0.15, 0.2) is 0 Å². The standard InChI is InChI=1S/C24H22N2O4/c1-28-16-8-9-17(20(12-16)29-2)22-19(13-25)24(26)30-21-11-15(27)10-18(23(21)22)14-6-4-3-5-7-14/h3-9,12,18,22H,10-11,26H2,1-2H3. The molecule has 0 fully saturated rings. The summed E-state index contributed by atoms with van der Waals surface area (Å²) in [4.78, 5) is 12.5. The molecule has 1 heterocycles. The van der Waals surface area contributed by atoms with Crippen molar-refractivity contribution in [2.45, 2.75) is 24.7 Å². The van der Waals surface area contributed by atoms with E-state index in [2.05, 4.69) is 6.07 Å². The number of allylic oxidation sites excluding steroid dienone is 3. The number of ketones is 1. The summed E-state index contributed by atoms with van der Waals surface area (Å²) in [5.41, 5.74) is 9.10. The second-order valence-corrected chi connectivity index (χ2v) is 7.29. The fraction of sp³-hybridized carbons (Fsp3) is 0.250. The second kappa shape index (κ2) is 7.96. The third kappa shape index (κ3) is 3.29. The maximum Gasteiger partial charge on any atom is 0.205 e. The largest absolute Gasteiger partial charge is 0.497 e. The predicted octanol–water partition coefficient (Wildman–Crippen LogP) is 3.91. The molecule has 1 aliphatic carbocycles. The van der Waals surface area contributed by atoms with Crippen LogP contribution in [0, 0.1) is 11.3 Å². The van der Waals surface area contributed by atoms with E-state index in [1.54, 1.807) is 20.3 Å². The van der Waals surface area contributed by atoms with E-state index < -0.39 is 5.92 Å². The molecule has 0 bridgehead atoms. The Kier molecular flexibility index (Phi) is 5.20. The minimum absolute atomic E-state index is 0.0284. The SMILES string of the molecule is COc1ccc(C2C(C#N)=C(N)OC3=C2C(c2ccccc2)CC(=O)C3)c(OC)c1. The third-order valence-electron chi connectivity index (χ3n) is 5.66. The van der Waals surface area contributed by atoms with Gasteiger partial charge in [0.25, 0.3) is 0 Å². The quantitative estimate of drug-likeness (QED) is 0.833. The summed E-state index contributed by atoms with van der Waals surface area (Å²) in [5.74, 6) is 1.17. The van der Waals surface area contributed by atoms with Gasteiger partial charge < -0.3 is 19.9 Å². The van der Waals surface area contributed by atoms with Crippen molar-refractivity contribution in [3.05, 3.63) is 82.4 Å². The number of carbonyl (C=O) groups excluding carboxylic acids is 1. The Bertz CT molecular complexity index is 1100. The highest BCUT2D eigenvalue weighted by Crippen LogP contribution is 2.51. The van der Waals surface area contributed by atoms with Gasteiger partial charge in [-0.1, -0.05) is 36.4 Å². The van der Waals surface area contributed by atoms with Crippen LogP contribution < -0.4 is 15.2 Å². The minimum Gasteiger partial charge on any atom is -0.497 e. The minimum atomic E-state index is -0.474. The lowest BCUT2D eigenvalue weighted by molar-refractivity contribution is -0.119. The fourth-order valence-corrected chi connectivity index (χ4v) is 4.31. The molecule has 6 heteroatoms. The molecule has 0 spiro atoms. The molecule has 152 valence electrons. The Balaban J connectivity index is 1.95. The zero-order chi connectivity index (χ0) is 21.3. The van der Waals surface area contributed by atoms with Gasteiger partial charge in [-0.2, -0.15) is 5.26 Å². The Hall–Kier alpha value is -3.72. The monoisotopic (exact) mass is 402 g/mol. The lowest BCUT2D eigenvalue weighted by atomic mass is 9.70. The molecule has 2 unspecified atom stereocenters. The molecular weight excluding hydrogens is 380 g/mol.